The summed E-state index contributed by atoms with van der Waals surface area (Å²) in [6.07, 6.45) is 6.11. The van der Waals surface area contributed by atoms with E-state index in [9.17, 15) is 4.79 Å². The fraction of sp³-hybridized carbons (Fsp3) is 0.353. The van der Waals surface area contributed by atoms with Crippen LogP contribution in [0.2, 0.25) is 0 Å². The van der Waals surface area contributed by atoms with E-state index in [0.717, 1.165) is 12.1 Å². The molecule has 0 unspecified atom stereocenters. The number of aromatic carboxylic acids is 1. The lowest BCUT2D eigenvalue weighted by Gasteiger charge is -2.06. The molecule has 0 amide bonds. The molecule has 0 fully saturated rings. The van der Waals surface area contributed by atoms with Crippen LogP contribution < -0.4 is 5.32 Å². The highest BCUT2D eigenvalue weighted by molar-refractivity contribution is 5.87. The molecule has 2 rings (SSSR count). The van der Waals surface area contributed by atoms with Gasteiger partial charge in [-0.1, -0.05) is 31.9 Å². The maximum Gasteiger partial charge on any atom is 0.338 e. The van der Waals surface area contributed by atoms with Gasteiger partial charge in [-0.2, -0.15) is 0 Å². The Bertz CT molecular complexity index is 572. The molecule has 0 aliphatic carbocycles. The molecule has 0 aliphatic heterocycles. The van der Waals surface area contributed by atoms with Gasteiger partial charge in [-0.05, 0) is 36.6 Å². The van der Waals surface area contributed by atoms with Crippen LogP contribution in [-0.4, -0.2) is 11.1 Å². The number of anilines is 1. The maximum absolute atomic E-state index is 10.8. The number of carboxylic acid groups (broad SMARTS) is 1. The molecule has 1 aromatic heterocycles. The van der Waals surface area contributed by atoms with Gasteiger partial charge in [0.25, 0.3) is 0 Å². The van der Waals surface area contributed by atoms with E-state index in [4.69, 9.17) is 9.52 Å². The van der Waals surface area contributed by atoms with Crippen molar-refractivity contribution in [2.75, 3.05) is 5.32 Å². The predicted octanol–water partition coefficient (Wildman–Crippen LogP) is 4.32. The topological polar surface area (TPSA) is 62.5 Å². The number of carboxylic acids is 1. The van der Waals surface area contributed by atoms with E-state index in [1.165, 1.54) is 37.2 Å². The van der Waals surface area contributed by atoms with Gasteiger partial charge in [0.2, 0.25) is 0 Å². The van der Waals surface area contributed by atoms with E-state index < -0.39 is 5.97 Å². The number of rotatable bonds is 8. The molecule has 0 saturated heterocycles. The molecule has 0 saturated carbocycles. The Kier molecular flexibility index (Phi) is 5.43. The van der Waals surface area contributed by atoms with Gasteiger partial charge in [0.15, 0.2) is 0 Å². The Labute approximate surface area is 124 Å². The Morgan fingerprint density at radius 3 is 2.62 bits per heavy atom. The van der Waals surface area contributed by atoms with Crippen molar-refractivity contribution < 1.29 is 14.3 Å². The fourth-order valence-electron chi connectivity index (χ4n) is 2.14. The van der Waals surface area contributed by atoms with Gasteiger partial charge in [0.05, 0.1) is 12.1 Å². The van der Waals surface area contributed by atoms with Crippen LogP contribution in [0.25, 0.3) is 0 Å². The first-order valence-corrected chi connectivity index (χ1v) is 7.32. The summed E-state index contributed by atoms with van der Waals surface area (Å²) in [6.45, 7) is 2.68. The first kappa shape index (κ1) is 15.2. The second-order valence-corrected chi connectivity index (χ2v) is 5.11. The molecule has 0 atom stereocenters. The standard InChI is InChI=1S/C17H21NO3/c1-2-3-4-5-13-6-8-15(9-7-13)18-11-16-10-14(12-21-16)17(19)20/h6-10,12,18H,2-5,11H2,1H3,(H,19,20). The summed E-state index contributed by atoms with van der Waals surface area (Å²) < 4.78 is 5.19. The minimum absolute atomic E-state index is 0.179. The highest BCUT2D eigenvalue weighted by atomic mass is 16.4. The van der Waals surface area contributed by atoms with Crippen molar-refractivity contribution in [3.8, 4) is 0 Å². The lowest BCUT2D eigenvalue weighted by molar-refractivity contribution is 0.0696. The lowest BCUT2D eigenvalue weighted by atomic mass is 10.1. The average Bonchev–Trinajstić information content (AvgIpc) is 2.96. The van der Waals surface area contributed by atoms with E-state index in [-0.39, 0.29) is 5.56 Å². The van der Waals surface area contributed by atoms with E-state index in [1.807, 2.05) is 12.1 Å². The van der Waals surface area contributed by atoms with Crippen LogP contribution in [0, 0.1) is 0 Å². The van der Waals surface area contributed by atoms with Crippen LogP contribution >= 0.6 is 0 Å². The number of furan rings is 1. The van der Waals surface area contributed by atoms with Crippen LogP contribution in [0.1, 0.15) is 47.9 Å². The van der Waals surface area contributed by atoms with Crippen molar-refractivity contribution in [2.45, 2.75) is 39.2 Å². The van der Waals surface area contributed by atoms with Crippen molar-refractivity contribution in [1.29, 1.82) is 0 Å². The molecule has 1 heterocycles. The van der Waals surface area contributed by atoms with Crippen LogP contribution in [0.5, 0.6) is 0 Å². The van der Waals surface area contributed by atoms with Gasteiger partial charge < -0.3 is 14.8 Å². The summed E-state index contributed by atoms with van der Waals surface area (Å²) in [5.74, 6) is -0.360. The summed E-state index contributed by atoms with van der Waals surface area (Å²) in [4.78, 5) is 10.8. The second-order valence-electron chi connectivity index (χ2n) is 5.11. The molecular formula is C17H21NO3. The van der Waals surface area contributed by atoms with Gasteiger partial charge in [-0.3, -0.25) is 0 Å². The minimum atomic E-state index is -0.971. The van der Waals surface area contributed by atoms with Crippen molar-refractivity contribution in [3.05, 3.63) is 53.5 Å². The van der Waals surface area contributed by atoms with Crippen LogP contribution in [0.4, 0.5) is 5.69 Å². The number of benzene rings is 1. The SMILES string of the molecule is CCCCCc1ccc(NCc2cc(C(=O)O)co2)cc1. The zero-order valence-corrected chi connectivity index (χ0v) is 12.3. The number of hydrogen-bond donors (Lipinski definition) is 2. The minimum Gasteiger partial charge on any atom is -0.478 e. The molecule has 2 N–H and O–H groups in total. The lowest BCUT2D eigenvalue weighted by Crippen LogP contribution is -1.98. The average molecular weight is 287 g/mol. The van der Waals surface area contributed by atoms with E-state index in [0.29, 0.717) is 12.3 Å². The highest BCUT2D eigenvalue weighted by Crippen LogP contribution is 2.14. The third-order valence-electron chi connectivity index (χ3n) is 3.39. The molecule has 21 heavy (non-hydrogen) atoms. The number of nitrogens with one attached hydrogen (secondary N) is 1. The van der Waals surface area contributed by atoms with Gasteiger partial charge >= 0.3 is 5.97 Å². The first-order chi connectivity index (χ1) is 10.2. The number of unbranched alkanes of at least 4 members (excludes halogenated alkanes) is 2. The first-order valence-electron chi connectivity index (χ1n) is 7.32. The van der Waals surface area contributed by atoms with Gasteiger partial charge in [-0.15, -0.1) is 0 Å². The highest BCUT2D eigenvalue weighted by Gasteiger charge is 2.07. The van der Waals surface area contributed by atoms with E-state index in [2.05, 4.69) is 24.4 Å². The quantitative estimate of drug-likeness (QED) is 0.710. The number of aryl methyl sites for hydroxylation is 1. The van der Waals surface area contributed by atoms with Gasteiger partial charge in [0.1, 0.15) is 12.0 Å². The molecule has 4 nitrogen and oxygen atoms in total. The predicted molar refractivity (Wildman–Crippen MR) is 82.7 cm³/mol. The van der Waals surface area contributed by atoms with Crippen molar-refractivity contribution in [3.63, 3.8) is 0 Å². The molecule has 112 valence electrons. The molecule has 0 radical (unpaired) electrons. The molecular weight excluding hydrogens is 266 g/mol. The fourth-order valence-corrected chi connectivity index (χ4v) is 2.14. The smallest absolute Gasteiger partial charge is 0.338 e. The Morgan fingerprint density at radius 2 is 2.00 bits per heavy atom. The summed E-state index contributed by atoms with van der Waals surface area (Å²) >= 11 is 0. The monoisotopic (exact) mass is 287 g/mol. The molecule has 1 aromatic carbocycles. The molecule has 2 aromatic rings. The van der Waals surface area contributed by atoms with Gasteiger partial charge in [-0.25, -0.2) is 4.79 Å². The third-order valence-corrected chi connectivity index (χ3v) is 3.39. The normalized spacial score (nSPS) is 10.5. The Hall–Kier alpha value is -2.23. The molecule has 0 bridgehead atoms. The summed E-state index contributed by atoms with van der Waals surface area (Å²) in [6, 6.07) is 9.88. The van der Waals surface area contributed by atoms with Crippen molar-refractivity contribution in [2.24, 2.45) is 0 Å². The summed E-state index contributed by atoms with van der Waals surface area (Å²) in [5.41, 5.74) is 2.53. The number of hydrogen-bond acceptors (Lipinski definition) is 3. The zero-order chi connectivity index (χ0) is 15.1. The van der Waals surface area contributed by atoms with E-state index >= 15 is 0 Å². The van der Waals surface area contributed by atoms with Gasteiger partial charge in [0, 0.05) is 5.69 Å². The summed E-state index contributed by atoms with van der Waals surface area (Å²) in [5, 5.41) is 12.0. The Morgan fingerprint density at radius 1 is 1.24 bits per heavy atom. The summed E-state index contributed by atoms with van der Waals surface area (Å²) in [7, 11) is 0. The maximum atomic E-state index is 10.8. The molecule has 4 heteroatoms. The zero-order valence-electron chi connectivity index (χ0n) is 12.3. The van der Waals surface area contributed by atoms with Crippen LogP contribution in [-0.2, 0) is 13.0 Å². The van der Waals surface area contributed by atoms with Crippen molar-refractivity contribution in [1.82, 2.24) is 0 Å². The molecule has 0 aliphatic rings. The van der Waals surface area contributed by atoms with E-state index in [1.54, 1.807) is 0 Å². The van der Waals surface area contributed by atoms with Crippen LogP contribution in [0.15, 0.2) is 41.0 Å². The third kappa shape index (κ3) is 4.67. The van der Waals surface area contributed by atoms with Crippen LogP contribution in [0.3, 0.4) is 0 Å². The van der Waals surface area contributed by atoms with Crippen molar-refractivity contribution >= 4 is 11.7 Å². The largest absolute Gasteiger partial charge is 0.478 e. The number of carbonyl (C=O) groups is 1. The Balaban J connectivity index is 1.83. The second kappa shape index (κ2) is 7.53. The molecule has 0 spiro atoms.